The van der Waals surface area contributed by atoms with E-state index in [2.05, 4.69) is 6.92 Å². The van der Waals surface area contributed by atoms with Gasteiger partial charge in [-0.05, 0) is 24.1 Å². The van der Waals surface area contributed by atoms with Crippen molar-refractivity contribution in [3.8, 4) is 5.75 Å². The molecule has 3 heteroatoms. The molecule has 0 fully saturated rings. The zero-order valence-corrected chi connectivity index (χ0v) is 9.04. The zero-order valence-electron chi connectivity index (χ0n) is 9.04. The van der Waals surface area contributed by atoms with Crippen molar-refractivity contribution in [2.24, 2.45) is 0 Å². The van der Waals surface area contributed by atoms with E-state index in [0.717, 1.165) is 12.2 Å². The fourth-order valence-electron chi connectivity index (χ4n) is 1.20. The molecule has 15 heavy (non-hydrogen) atoms. The lowest BCUT2D eigenvalue weighted by molar-refractivity contribution is 0.0897. The van der Waals surface area contributed by atoms with Crippen molar-refractivity contribution in [1.82, 2.24) is 0 Å². The minimum Gasteiger partial charge on any atom is -0.491 e. The highest BCUT2D eigenvalue weighted by Gasteiger charge is 1.94. The van der Waals surface area contributed by atoms with Crippen LogP contribution in [0.25, 0.3) is 0 Å². The number of halogens is 1. The van der Waals surface area contributed by atoms with E-state index in [1.54, 1.807) is 0 Å². The first kappa shape index (κ1) is 12.0. The molecule has 1 aromatic carbocycles. The molecule has 0 aliphatic carbocycles. The number of benzene rings is 1. The molecule has 0 radical (unpaired) electrons. The van der Waals surface area contributed by atoms with Crippen molar-refractivity contribution < 1.29 is 13.9 Å². The molecule has 84 valence electrons. The predicted octanol–water partition coefficient (Wildman–Crippen LogP) is 2.61. The van der Waals surface area contributed by atoms with Crippen LogP contribution in [0.15, 0.2) is 24.3 Å². The molecule has 1 aromatic rings. The first-order valence-electron chi connectivity index (χ1n) is 5.22. The Morgan fingerprint density at radius 3 is 2.40 bits per heavy atom. The molecule has 0 aromatic heterocycles. The summed E-state index contributed by atoms with van der Waals surface area (Å²) in [5, 5.41) is 0. The van der Waals surface area contributed by atoms with Gasteiger partial charge in [0.2, 0.25) is 0 Å². The molecule has 0 bridgehead atoms. The highest BCUT2D eigenvalue weighted by molar-refractivity contribution is 5.27. The Bertz CT molecular complexity index is 259. The Kier molecular flexibility index (Phi) is 5.78. The summed E-state index contributed by atoms with van der Waals surface area (Å²) >= 11 is 0. The smallest absolute Gasteiger partial charge is 0.119 e. The molecule has 0 amide bonds. The zero-order chi connectivity index (χ0) is 10.9. The van der Waals surface area contributed by atoms with E-state index in [4.69, 9.17) is 9.47 Å². The summed E-state index contributed by atoms with van der Waals surface area (Å²) in [6, 6.07) is 7.96. The Morgan fingerprint density at radius 2 is 1.80 bits per heavy atom. The first-order chi connectivity index (χ1) is 7.36. The topological polar surface area (TPSA) is 18.5 Å². The maximum absolute atomic E-state index is 11.7. The van der Waals surface area contributed by atoms with Crippen LogP contribution in [-0.2, 0) is 11.2 Å². The number of alkyl halides is 1. The summed E-state index contributed by atoms with van der Waals surface area (Å²) in [7, 11) is 0. The molecule has 0 aliphatic rings. The summed E-state index contributed by atoms with van der Waals surface area (Å²) in [4.78, 5) is 0. The van der Waals surface area contributed by atoms with Crippen LogP contribution in [0.1, 0.15) is 12.5 Å². The number of rotatable bonds is 7. The van der Waals surface area contributed by atoms with Crippen LogP contribution in [0.2, 0.25) is 0 Å². The monoisotopic (exact) mass is 212 g/mol. The van der Waals surface area contributed by atoms with Gasteiger partial charge in [0.15, 0.2) is 0 Å². The van der Waals surface area contributed by atoms with Gasteiger partial charge in [-0.25, -0.2) is 4.39 Å². The van der Waals surface area contributed by atoms with Crippen molar-refractivity contribution in [1.29, 1.82) is 0 Å². The fourth-order valence-corrected chi connectivity index (χ4v) is 1.20. The molecule has 0 unspecified atom stereocenters. The molecule has 0 atom stereocenters. The van der Waals surface area contributed by atoms with Crippen LogP contribution >= 0.6 is 0 Å². The molecule has 0 heterocycles. The number of aryl methyl sites for hydroxylation is 1. The van der Waals surface area contributed by atoms with E-state index >= 15 is 0 Å². The van der Waals surface area contributed by atoms with Crippen LogP contribution in [0.4, 0.5) is 4.39 Å². The minimum atomic E-state index is -0.439. The van der Waals surface area contributed by atoms with Crippen LogP contribution in [0, 0.1) is 0 Å². The van der Waals surface area contributed by atoms with E-state index in [1.807, 2.05) is 24.3 Å². The second kappa shape index (κ2) is 7.23. The van der Waals surface area contributed by atoms with Gasteiger partial charge in [-0.15, -0.1) is 0 Å². The predicted molar refractivity (Wildman–Crippen MR) is 58.1 cm³/mol. The molecule has 0 aliphatic heterocycles. The summed E-state index contributed by atoms with van der Waals surface area (Å²) in [6.07, 6.45) is 1.03. The third-order valence-corrected chi connectivity index (χ3v) is 2.05. The summed E-state index contributed by atoms with van der Waals surface area (Å²) < 4.78 is 22.0. The minimum absolute atomic E-state index is 0.151. The Balaban J connectivity index is 2.20. The van der Waals surface area contributed by atoms with Crippen molar-refractivity contribution in [2.75, 3.05) is 26.5 Å². The van der Waals surface area contributed by atoms with E-state index in [9.17, 15) is 4.39 Å². The lowest BCUT2D eigenvalue weighted by Gasteiger charge is -2.06. The van der Waals surface area contributed by atoms with Gasteiger partial charge in [0.25, 0.3) is 0 Å². The number of hydrogen-bond donors (Lipinski definition) is 0. The third-order valence-electron chi connectivity index (χ3n) is 2.05. The van der Waals surface area contributed by atoms with Gasteiger partial charge in [-0.2, -0.15) is 0 Å². The van der Waals surface area contributed by atoms with Crippen molar-refractivity contribution >= 4 is 0 Å². The van der Waals surface area contributed by atoms with Crippen LogP contribution in [0.3, 0.4) is 0 Å². The van der Waals surface area contributed by atoms with E-state index in [1.165, 1.54) is 5.56 Å². The SMILES string of the molecule is CCc1ccc(OCCOCCF)cc1. The summed E-state index contributed by atoms with van der Waals surface area (Å²) in [5.41, 5.74) is 1.29. The average Bonchev–Trinajstić information content (AvgIpc) is 2.30. The molecular formula is C12H17FO2. The second-order valence-corrected chi connectivity index (χ2v) is 3.15. The van der Waals surface area contributed by atoms with Gasteiger partial charge >= 0.3 is 0 Å². The maximum Gasteiger partial charge on any atom is 0.119 e. The first-order valence-corrected chi connectivity index (χ1v) is 5.22. The molecular weight excluding hydrogens is 195 g/mol. The Morgan fingerprint density at radius 1 is 1.07 bits per heavy atom. The number of hydrogen-bond acceptors (Lipinski definition) is 2. The molecule has 0 saturated carbocycles. The van der Waals surface area contributed by atoms with Crippen LogP contribution < -0.4 is 4.74 Å². The standard InChI is InChI=1S/C12H17FO2/c1-2-11-3-5-12(6-4-11)15-10-9-14-8-7-13/h3-6H,2,7-10H2,1H3. The summed E-state index contributed by atoms with van der Waals surface area (Å²) in [5.74, 6) is 0.830. The van der Waals surface area contributed by atoms with Gasteiger partial charge in [0.1, 0.15) is 19.0 Å². The van der Waals surface area contributed by atoms with Crippen LogP contribution in [-0.4, -0.2) is 26.5 Å². The Labute approximate surface area is 90.0 Å². The molecule has 1 rings (SSSR count). The number of ether oxygens (including phenoxy) is 2. The van der Waals surface area contributed by atoms with Gasteiger partial charge < -0.3 is 9.47 Å². The van der Waals surface area contributed by atoms with Gasteiger partial charge in [0, 0.05) is 0 Å². The van der Waals surface area contributed by atoms with E-state index < -0.39 is 6.67 Å². The maximum atomic E-state index is 11.7. The normalized spacial score (nSPS) is 10.3. The highest BCUT2D eigenvalue weighted by Crippen LogP contribution is 2.12. The molecule has 0 N–H and O–H groups in total. The van der Waals surface area contributed by atoms with Crippen molar-refractivity contribution in [3.05, 3.63) is 29.8 Å². The van der Waals surface area contributed by atoms with Crippen molar-refractivity contribution in [2.45, 2.75) is 13.3 Å². The van der Waals surface area contributed by atoms with Crippen LogP contribution in [0.5, 0.6) is 5.75 Å². The van der Waals surface area contributed by atoms with Gasteiger partial charge in [0.05, 0.1) is 13.2 Å². The lowest BCUT2D eigenvalue weighted by Crippen LogP contribution is -2.08. The summed E-state index contributed by atoms with van der Waals surface area (Å²) in [6.45, 7) is 2.72. The lowest BCUT2D eigenvalue weighted by atomic mass is 10.2. The third kappa shape index (κ3) is 4.79. The van der Waals surface area contributed by atoms with E-state index in [-0.39, 0.29) is 6.61 Å². The van der Waals surface area contributed by atoms with Crippen molar-refractivity contribution in [3.63, 3.8) is 0 Å². The van der Waals surface area contributed by atoms with Gasteiger partial charge in [-0.3, -0.25) is 0 Å². The average molecular weight is 212 g/mol. The Hall–Kier alpha value is -1.09. The second-order valence-electron chi connectivity index (χ2n) is 3.15. The fraction of sp³-hybridized carbons (Fsp3) is 0.500. The highest BCUT2D eigenvalue weighted by atomic mass is 19.1. The van der Waals surface area contributed by atoms with Gasteiger partial charge in [-0.1, -0.05) is 19.1 Å². The molecule has 0 saturated heterocycles. The molecule has 0 spiro atoms. The van der Waals surface area contributed by atoms with E-state index in [0.29, 0.717) is 13.2 Å². The molecule has 2 nitrogen and oxygen atoms in total. The quantitative estimate of drug-likeness (QED) is 0.647. The largest absolute Gasteiger partial charge is 0.491 e.